The van der Waals surface area contributed by atoms with Crippen molar-refractivity contribution >= 4 is 11.6 Å². The van der Waals surface area contributed by atoms with E-state index in [0.717, 1.165) is 19.5 Å². The average Bonchev–Trinajstić information content (AvgIpc) is 2.75. The summed E-state index contributed by atoms with van der Waals surface area (Å²) in [5, 5.41) is 2.86. The Hall–Kier alpha value is -1.59. The monoisotopic (exact) mass is 249 g/mol. The Morgan fingerprint density at radius 2 is 2.33 bits per heavy atom. The highest BCUT2D eigenvalue weighted by Gasteiger charge is 2.21. The van der Waals surface area contributed by atoms with Gasteiger partial charge >= 0.3 is 0 Å². The molecule has 5 heteroatoms. The molecule has 1 atom stereocenters. The third-order valence-electron chi connectivity index (χ3n) is 3.06. The number of likely N-dealkylation sites (tertiary alicyclic amines) is 1. The third kappa shape index (κ3) is 3.21. The summed E-state index contributed by atoms with van der Waals surface area (Å²) in [6.07, 6.45) is 0.960. The van der Waals surface area contributed by atoms with Crippen LogP contribution >= 0.6 is 0 Å². The van der Waals surface area contributed by atoms with E-state index in [0.29, 0.717) is 18.0 Å². The number of hydrogen-bond acceptors (Lipinski definition) is 4. The normalized spacial score (nSPS) is 19.8. The lowest BCUT2D eigenvalue weighted by Crippen LogP contribution is -2.33. The Balaban J connectivity index is 1.91. The van der Waals surface area contributed by atoms with Crippen LogP contribution in [0.15, 0.2) is 24.3 Å². The maximum atomic E-state index is 11.9. The molecule has 1 aromatic rings. The van der Waals surface area contributed by atoms with Crippen molar-refractivity contribution in [2.45, 2.75) is 12.5 Å². The summed E-state index contributed by atoms with van der Waals surface area (Å²) < 4.78 is 5.18. The molecule has 1 fully saturated rings. The van der Waals surface area contributed by atoms with Gasteiger partial charge in [0.25, 0.3) is 0 Å². The van der Waals surface area contributed by atoms with Gasteiger partial charge in [-0.15, -0.1) is 0 Å². The van der Waals surface area contributed by atoms with Crippen molar-refractivity contribution in [3.8, 4) is 5.75 Å². The van der Waals surface area contributed by atoms with Crippen LogP contribution in [0.1, 0.15) is 6.42 Å². The van der Waals surface area contributed by atoms with E-state index in [-0.39, 0.29) is 11.9 Å². The van der Waals surface area contributed by atoms with Crippen molar-refractivity contribution < 1.29 is 9.53 Å². The molecule has 1 unspecified atom stereocenters. The number of para-hydroxylation sites is 2. The lowest BCUT2D eigenvalue weighted by Gasteiger charge is -2.15. The minimum atomic E-state index is -0.0337. The van der Waals surface area contributed by atoms with Gasteiger partial charge < -0.3 is 15.8 Å². The van der Waals surface area contributed by atoms with Crippen LogP contribution in [-0.4, -0.2) is 43.6 Å². The first-order chi connectivity index (χ1) is 8.69. The van der Waals surface area contributed by atoms with Crippen LogP contribution in [0, 0.1) is 0 Å². The number of nitrogens with one attached hydrogen (secondary N) is 1. The molecule has 0 saturated carbocycles. The van der Waals surface area contributed by atoms with Gasteiger partial charge in [0.2, 0.25) is 5.91 Å². The summed E-state index contributed by atoms with van der Waals surface area (Å²) in [5.41, 5.74) is 6.51. The Morgan fingerprint density at radius 3 is 3.00 bits per heavy atom. The third-order valence-corrected chi connectivity index (χ3v) is 3.06. The van der Waals surface area contributed by atoms with Crippen molar-refractivity contribution in [1.82, 2.24) is 4.90 Å². The molecule has 98 valence electrons. The topological polar surface area (TPSA) is 67.6 Å². The lowest BCUT2D eigenvalue weighted by molar-refractivity contribution is -0.117. The molecule has 0 spiro atoms. The van der Waals surface area contributed by atoms with Crippen molar-refractivity contribution in [3.63, 3.8) is 0 Å². The molecule has 1 amide bonds. The van der Waals surface area contributed by atoms with Crippen molar-refractivity contribution in [2.24, 2.45) is 5.73 Å². The maximum absolute atomic E-state index is 11.9. The Bertz CT molecular complexity index is 422. The highest BCUT2D eigenvalue weighted by Crippen LogP contribution is 2.22. The van der Waals surface area contributed by atoms with E-state index in [9.17, 15) is 4.79 Å². The van der Waals surface area contributed by atoms with Gasteiger partial charge in [-0.1, -0.05) is 12.1 Å². The maximum Gasteiger partial charge on any atom is 0.238 e. The summed E-state index contributed by atoms with van der Waals surface area (Å²) in [5.74, 6) is 0.637. The summed E-state index contributed by atoms with van der Waals surface area (Å²) in [4.78, 5) is 14.0. The molecule has 5 nitrogen and oxygen atoms in total. The number of carbonyl (C=O) groups excluding carboxylic acids is 1. The summed E-state index contributed by atoms with van der Waals surface area (Å²) >= 11 is 0. The quantitative estimate of drug-likeness (QED) is 0.823. The molecule has 1 aliphatic rings. The Labute approximate surface area is 107 Å². The van der Waals surface area contributed by atoms with Crippen LogP contribution in [-0.2, 0) is 4.79 Å². The molecule has 18 heavy (non-hydrogen) atoms. The number of rotatable bonds is 4. The highest BCUT2D eigenvalue weighted by atomic mass is 16.5. The second-order valence-corrected chi connectivity index (χ2v) is 4.53. The molecule has 1 aromatic carbocycles. The van der Waals surface area contributed by atoms with E-state index in [4.69, 9.17) is 10.5 Å². The first kappa shape index (κ1) is 12.9. The van der Waals surface area contributed by atoms with Crippen molar-refractivity contribution in [1.29, 1.82) is 0 Å². The fraction of sp³-hybridized carbons (Fsp3) is 0.462. The van der Waals surface area contributed by atoms with E-state index < -0.39 is 0 Å². The summed E-state index contributed by atoms with van der Waals surface area (Å²) in [6.45, 7) is 2.06. The smallest absolute Gasteiger partial charge is 0.238 e. The minimum absolute atomic E-state index is 0.0337. The zero-order valence-corrected chi connectivity index (χ0v) is 10.6. The molecule has 0 radical (unpaired) electrons. The van der Waals surface area contributed by atoms with Gasteiger partial charge in [0.05, 0.1) is 19.3 Å². The molecule has 2 rings (SSSR count). The minimum Gasteiger partial charge on any atom is -0.495 e. The van der Waals surface area contributed by atoms with Crippen LogP contribution in [0.4, 0.5) is 5.69 Å². The number of methoxy groups -OCH3 is 1. The van der Waals surface area contributed by atoms with Gasteiger partial charge in [0.15, 0.2) is 0 Å². The second kappa shape index (κ2) is 5.84. The van der Waals surface area contributed by atoms with Crippen molar-refractivity contribution in [3.05, 3.63) is 24.3 Å². The molecule has 1 aliphatic heterocycles. The fourth-order valence-corrected chi connectivity index (χ4v) is 2.15. The van der Waals surface area contributed by atoms with E-state index in [1.54, 1.807) is 7.11 Å². The SMILES string of the molecule is COc1ccccc1NC(=O)CN1CCC(N)C1. The van der Waals surface area contributed by atoms with Gasteiger partial charge in [0.1, 0.15) is 5.75 Å². The van der Waals surface area contributed by atoms with Gasteiger partial charge in [-0.2, -0.15) is 0 Å². The number of carbonyl (C=O) groups is 1. The number of benzene rings is 1. The highest BCUT2D eigenvalue weighted by molar-refractivity contribution is 5.93. The number of hydrogen-bond donors (Lipinski definition) is 2. The number of nitrogens with zero attached hydrogens (tertiary/aromatic N) is 1. The lowest BCUT2D eigenvalue weighted by atomic mass is 10.3. The average molecular weight is 249 g/mol. The number of amides is 1. The molecule has 1 heterocycles. The second-order valence-electron chi connectivity index (χ2n) is 4.53. The summed E-state index contributed by atoms with van der Waals surface area (Å²) in [7, 11) is 1.59. The number of nitrogens with two attached hydrogens (primary N) is 1. The zero-order valence-electron chi connectivity index (χ0n) is 10.6. The van der Waals surface area contributed by atoms with E-state index in [1.807, 2.05) is 24.3 Å². The predicted octanol–water partition coefficient (Wildman–Crippen LogP) is 0.667. The first-order valence-electron chi connectivity index (χ1n) is 6.10. The van der Waals surface area contributed by atoms with Crippen LogP contribution < -0.4 is 15.8 Å². The molecular weight excluding hydrogens is 230 g/mol. The van der Waals surface area contributed by atoms with Gasteiger partial charge in [0, 0.05) is 19.1 Å². The van der Waals surface area contributed by atoms with E-state index >= 15 is 0 Å². The van der Waals surface area contributed by atoms with Gasteiger partial charge in [-0.25, -0.2) is 0 Å². The molecule has 0 aromatic heterocycles. The van der Waals surface area contributed by atoms with Gasteiger partial charge in [-0.3, -0.25) is 9.69 Å². The van der Waals surface area contributed by atoms with Crippen LogP contribution in [0.5, 0.6) is 5.75 Å². The van der Waals surface area contributed by atoms with E-state index in [1.165, 1.54) is 0 Å². The zero-order chi connectivity index (χ0) is 13.0. The fourth-order valence-electron chi connectivity index (χ4n) is 2.15. The molecular formula is C13H19N3O2. The van der Waals surface area contributed by atoms with E-state index in [2.05, 4.69) is 10.2 Å². The number of anilines is 1. The largest absolute Gasteiger partial charge is 0.495 e. The Morgan fingerprint density at radius 1 is 1.56 bits per heavy atom. The molecule has 0 bridgehead atoms. The predicted molar refractivity (Wildman–Crippen MR) is 70.7 cm³/mol. The molecule has 1 saturated heterocycles. The summed E-state index contributed by atoms with van der Waals surface area (Å²) in [6, 6.07) is 7.58. The van der Waals surface area contributed by atoms with Crippen LogP contribution in [0.25, 0.3) is 0 Å². The molecule has 0 aliphatic carbocycles. The number of ether oxygens (including phenoxy) is 1. The first-order valence-corrected chi connectivity index (χ1v) is 6.10. The van der Waals surface area contributed by atoms with Crippen molar-refractivity contribution in [2.75, 3.05) is 32.1 Å². The van der Waals surface area contributed by atoms with Gasteiger partial charge in [-0.05, 0) is 18.6 Å². The molecule has 3 N–H and O–H groups in total. The van der Waals surface area contributed by atoms with Crippen LogP contribution in [0.3, 0.4) is 0 Å². The Kier molecular flexibility index (Phi) is 4.17. The standard InChI is InChI=1S/C13H19N3O2/c1-18-12-5-3-2-4-11(12)15-13(17)9-16-7-6-10(14)8-16/h2-5,10H,6-9,14H2,1H3,(H,15,17). The van der Waals surface area contributed by atoms with Crippen LogP contribution in [0.2, 0.25) is 0 Å².